The minimum absolute atomic E-state index is 0.205. The second-order valence-electron chi connectivity index (χ2n) is 5.39. The van der Waals surface area contributed by atoms with Crippen molar-refractivity contribution < 1.29 is 14.9 Å². The van der Waals surface area contributed by atoms with Gasteiger partial charge in [-0.1, -0.05) is 0 Å². The van der Waals surface area contributed by atoms with Gasteiger partial charge in [0, 0.05) is 36.7 Å². The van der Waals surface area contributed by atoms with E-state index in [-0.39, 0.29) is 11.5 Å². The van der Waals surface area contributed by atoms with Crippen LogP contribution in [0.25, 0.3) is 0 Å². The highest BCUT2D eigenvalue weighted by molar-refractivity contribution is 5.75. The van der Waals surface area contributed by atoms with Crippen molar-refractivity contribution in [3.8, 4) is 29.2 Å². The minimum Gasteiger partial charge on any atom is -0.504 e. The van der Waals surface area contributed by atoms with Gasteiger partial charge in [0.25, 0.3) is 0 Å². The fourth-order valence-corrected chi connectivity index (χ4v) is 2.75. The Balaban J connectivity index is 2.17. The zero-order valence-corrected chi connectivity index (χ0v) is 13.5. The number of phenols is 2. The number of hydrogen-bond donors (Lipinski definition) is 4. The maximum Gasteiger partial charge on any atom is 0.226 e. The predicted molar refractivity (Wildman–Crippen MR) is 89.9 cm³/mol. The Labute approximate surface area is 139 Å². The molecular formula is C17H18N4O3. The molecule has 2 heterocycles. The van der Waals surface area contributed by atoms with E-state index in [4.69, 9.17) is 4.74 Å². The number of nitrogens with zero attached hydrogens (tertiary/aromatic N) is 2. The number of rotatable bonds is 4. The normalized spacial score (nSPS) is 11.7. The summed E-state index contributed by atoms with van der Waals surface area (Å²) in [5.74, 6) is 0.840. The molecule has 0 amide bonds. The minimum atomic E-state index is -0.246. The van der Waals surface area contributed by atoms with Crippen molar-refractivity contribution in [1.82, 2.24) is 4.98 Å². The molecule has 24 heavy (non-hydrogen) atoms. The van der Waals surface area contributed by atoms with Gasteiger partial charge in [-0.25, -0.2) is 0 Å². The number of nitriles is 1. The first-order valence-electron chi connectivity index (χ1n) is 7.76. The van der Waals surface area contributed by atoms with Crippen molar-refractivity contribution in [2.24, 2.45) is 0 Å². The molecule has 124 valence electrons. The lowest BCUT2D eigenvalue weighted by Crippen LogP contribution is -2.14. The predicted octanol–water partition coefficient (Wildman–Crippen LogP) is 2.92. The molecule has 0 bridgehead atoms. The van der Waals surface area contributed by atoms with E-state index < -0.39 is 0 Å². The SMILES string of the molecule is CCNc1nc2c(c(NCC)c1C#N)Cc1cc(O)c(O)cc1O2. The van der Waals surface area contributed by atoms with Crippen LogP contribution in [-0.4, -0.2) is 28.3 Å². The van der Waals surface area contributed by atoms with Crippen LogP contribution in [0, 0.1) is 11.3 Å². The fourth-order valence-electron chi connectivity index (χ4n) is 2.75. The average Bonchev–Trinajstić information content (AvgIpc) is 2.55. The van der Waals surface area contributed by atoms with Gasteiger partial charge >= 0.3 is 0 Å². The zero-order chi connectivity index (χ0) is 17.3. The number of phenolic OH excluding ortho intramolecular Hbond substituents is 2. The number of aromatic nitrogens is 1. The first-order valence-corrected chi connectivity index (χ1v) is 7.76. The summed E-state index contributed by atoms with van der Waals surface area (Å²) in [5, 5.41) is 35.2. The third-order valence-electron chi connectivity index (χ3n) is 3.80. The Morgan fingerprint density at radius 1 is 1.21 bits per heavy atom. The molecule has 0 spiro atoms. The van der Waals surface area contributed by atoms with Gasteiger partial charge in [-0.2, -0.15) is 10.2 Å². The van der Waals surface area contributed by atoms with Crippen LogP contribution >= 0.6 is 0 Å². The summed E-state index contributed by atoms with van der Waals surface area (Å²) in [7, 11) is 0. The van der Waals surface area contributed by atoms with E-state index in [1.54, 1.807) is 0 Å². The summed E-state index contributed by atoms with van der Waals surface area (Å²) in [5.41, 5.74) is 2.60. The molecule has 0 fully saturated rings. The van der Waals surface area contributed by atoms with Gasteiger partial charge in [-0.3, -0.25) is 0 Å². The van der Waals surface area contributed by atoms with Crippen LogP contribution in [0.5, 0.6) is 23.1 Å². The topological polar surface area (TPSA) is 110 Å². The number of ether oxygens (including phenoxy) is 1. The van der Waals surface area contributed by atoms with Crippen LogP contribution in [0.15, 0.2) is 12.1 Å². The third kappa shape index (κ3) is 2.52. The Hall–Kier alpha value is -3.14. The summed E-state index contributed by atoms with van der Waals surface area (Å²) in [6.07, 6.45) is 0.439. The molecule has 4 N–H and O–H groups in total. The maximum atomic E-state index is 9.71. The standard InChI is InChI=1S/C17H18N4O3/c1-3-19-15-10-5-9-6-12(22)13(23)7-14(9)24-17(10)21-16(20-4-2)11(15)8-18/h6-7,22-23H,3-5H2,1-2H3,(H2,19,20,21). The van der Waals surface area contributed by atoms with Gasteiger partial charge in [0.15, 0.2) is 11.5 Å². The van der Waals surface area contributed by atoms with E-state index in [1.165, 1.54) is 12.1 Å². The van der Waals surface area contributed by atoms with Gasteiger partial charge in [0.05, 0.1) is 5.69 Å². The van der Waals surface area contributed by atoms with Crippen molar-refractivity contribution in [3.63, 3.8) is 0 Å². The van der Waals surface area contributed by atoms with Crippen LogP contribution in [0.1, 0.15) is 30.5 Å². The molecule has 1 aliphatic rings. The third-order valence-corrected chi connectivity index (χ3v) is 3.80. The molecule has 0 saturated carbocycles. The van der Waals surface area contributed by atoms with Crippen LogP contribution < -0.4 is 15.4 Å². The van der Waals surface area contributed by atoms with Gasteiger partial charge in [-0.15, -0.1) is 0 Å². The molecule has 0 aliphatic carbocycles. The van der Waals surface area contributed by atoms with Gasteiger partial charge in [0.1, 0.15) is 23.2 Å². The summed E-state index contributed by atoms with van der Waals surface area (Å²) >= 11 is 0. The molecule has 1 aromatic heterocycles. The lowest BCUT2D eigenvalue weighted by Gasteiger charge is -2.24. The second kappa shape index (κ2) is 6.16. The Morgan fingerprint density at radius 3 is 2.58 bits per heavy atom. The molecule has 0 atom stereocenters. The number of fused-ring (bicyclic) bond motifs is 2. The number of aromatic hydroxyl groups is 2. The first kappa shape index (κ1) is 15.7. The fraction of sp³-hybridized carbons (Fsp3) is 0.294. The van der Waals surface area contributed by atoms with E-state index in [1.807, 2.05) is 13.8 Å². The molecular weight excluding hydrogens is 308 g/mol. The largest absolute Gasteiger partial charge is 0.504 e. The lowest BCUT2D eigenvalue weighted by atomic mass is 9.98. The van der Waals surface area contributed by atoms with Crippen LogP contribution in [0.2, 0.25) is 0 Å². The molecule has 7 heteroatoms. The smallest absolute Gasteiger partial charge is 0.226 e. The number of hydrogen-bond acceptors (Lipinski definition) is 7. The highest BCUT2D eigenvalue weighted by Crippen LogP contribution is 2.45. The molecule has 0 unspecified atom stereocenters. The van der Waals surface area contributed by atoms with E-state index in [9.17, 15) is 15.5 Å². The van der Waals surface area contributed by atoms with Crippen LogP contribution in [0.3, 0.4) is 0 Å². The van der Waals surface area contributed by atoms with E-state index in [0.29, 0.717) is 48.2 Å². The van der Waals surface area contributed by atoms with E-state index in [2.05, 4.69) is 21.7 Å². The molecule has 7 nitrogen and oxygen atoms in total. The molecule has 3 rings (SSSR count). The lowest BCUT2D eigenvalue weighted by molar-refractivity contribution is 0.391. The molecule has 0 radical (unpaired) electrons. The zero-order valence-electron chi connectivity index (χ0n) is 13.5. The Kier molecular flexibility index (Phi) is 4.04. The van der Waals surface area contributed by atoms with Crippen LogP contribution in [0.4, 0.5) is 11.5 Å². The van der Waals surface area contributed by atoms with Crippen LogP contribution in [-0.2, 0) is 6.42 Å². The highest BCUT2D eigenvalue weighted by atomic mass is 16.5. The maximum absolute atomic E-state index is 9.71. The molecule has 2 aromatic rings. The van der Waals surface area contributed by atoms with E-state index >= 15 is 0 Å². The van der Waals surface area contributed by atoms with Gasteiger partial charge in [0.2, 0.25) is 5.88 Å². The summed E-state index contributed by atoms with van der Waals surface area (Å²) in [4.78, 5) is 4.43. The number of benzene rings is 1. The second-order valence-corrected chi connectivity index (χ2v) is 5.39. The van der Waals surface area contributed by atoms with E-state index in [0.717, 1.165) is 11.1 Å². The molecule has 1 aromatic carbocycles. The molecule has 0 saturated heterocycles. The first-order chi connectivity index (χ1) is 11.6. The Bertz CT molecular complexity index is 843. The van der Waals surface area contributed by atoms with Crippen molar-refractivity contribution in [3.05, 3.63) is 28.8 Å². The van der Waals surface area contributed by atoms with Gasteiger partial charge < -0.3 is 25.6 Å². The summed E-state index contributed by atoms with van der Waals surface area (Å²) in [6.45, 7) is 5.14. The van der Waals surface area contributed by atoms with Crippen molar-refractivity contribution in [2.45, 2.75) is 20.3 Å². The Morgan fingerprint density at radius 2 is 1.92 bits per heavy atom. The summed E-state index contributed by atoms with van der Waals surface area (Å²) < 4.78 is 5.82. The summed E-state index contributed by atoms with van der Waals surface area (Å²) in [6, 6.07) is 5.03. The van der Waals surface area contributed by atoms with Gasteiger partial charge in [-0.05, 0) is 19.9 Å². The molecule has 1 aliphatic heterocycles. The van der Waals surface area contributed by atoms with Crippen molar-refractivity contribution >= 4 is 11.5 Å². The monoisotopic (exact) mass is 326 g/mol. The number of nitrogens with one attached hydrogen (secondary N) is 2. The number of anilines is 2. The van der Waals surface area contributed by atoms with Crippen molar-refractivity contribution in [2.75, 3.05) is 23.7 Å². The average molecular weight is 326 g/mol. The number of pyridine rings is 1. The highest BCUT2D eigenvalue weighted by Gasteiger charge is 2.27. The quantitative estimate of drug-likeness (QED) is 0.546. The van der Waals surface area contributed by atoms with Crippen molar-refractivity contribution in [1.29, 1.82) is 5.26 Å².